The summed E-state index contributed by atoms with van der Waals surface area (Å²) in [5.74, 6) is -1.78. The van der Waals surface area contributed by atoms with Gasteiger partial charge in [-0.3, -0.25) is 23.5 Å². The van der Waals surface area contributed by atoms with Crippen molar-refractivity contribution >= 4 is 50.9 Å². The van der Waals surface area contributed by atoms with Gasteiger partial charge >= 0.3 is 10.2 Å². The number of hydrogen-bond acceptors (Lipinski definition) is 8. The van der Waals surface area contributed by atoms with E-state index < -0.39 is 40.1 Å². The molecular formula is C36H51N7O6S2. The fourth-order valence-corrected chi connectivity index (χ4v) is 6.78. The zero-order chi connectivity index (χ0) is 37.9. The Labute approximate surface area is 305 Å². The molecular weight excluding hydrogens is 691 g/mol. The van der Waals surface area contributed by atoms with Crippen molar-refractivity contribution in [3.05, 3.63) is 87.6 Å². The smallest absolute Gasteiger partial charge is 0.303 e. The Morgan fingerprint density at radius 3 is 2.00 bits per heavy atom. The molecule has 1 heterocycles. The first-order valence-electron chi connectivity index (χ1n) is 16.9. The molecule has 0 aliphatic carbocycles. The van der Waals surface area contributed by atoms with Crippen LogP contribution in [0.3, 0.4) is 0 Å². The van der Waals surface area contributed by atoms with Gasteiger partial charge in [-0.1, -0.05) is 44.2 Å². The molecule has 0 saturated heterocycles. The Kier molecular flexibility index (Phi) is 15.1. The number of nitrogens with zero attached hydrogens (tertiary/aromatic N) is 2. The minimum absolute atomic E-state index is 0.0761. The van der Waals surface area contributed by atoms with Gasteiger partial charge in [0, 0.05) is 51.4 Å². The first-order valence-corrected chi connectivity index (χ1v) is 19.2. The number of anilines is 1. The van der Waals surface area contributed by atoms with Crippen LogP contribution in [-0.4, -0.2) is 88.7 Å². The summed E-state index contributed by atoms with van der Waals surface area (Å²) in [5, 5.41) is 18.5. The summed E-state index contributed by atoms with van der Waals surface area (Å²) in [7, 11) is 0.184. The molecule has 1 aromatic heterocycles. The molecule has 0 radical (unpaired) electrons. The Morgan fingerprint density at radius 1 is 0.824 bits per heavy atom. The number of benzene rings is 2. The molecule has 4 amide bonds. The monoisotopic (exact) mass is 741 g/mol. The van der Waals surface area contributed by atoms with Crippen molar-refractivity contribution in [3.8, 4) is 0 Å². The fraction of sp³-hybridized carbons (Fsp3) is 0.444. The minimum atomic E-state index is -3.95. The summed E-state index contributed by atoms with van der Waals surface area (Å²) in [4.78, 5) is 53.1. The van der Waals surface area contributed by atoms with E-state index in [1.807, 2.05) is 74.9 Å². The van der Waals surface area contributed by atoms with Crippen LogP contribution in [0.2, 0.25) is 0 Å². The molecule has 3 aromatic rings. The van der Waals surface area contributed by atoms with Gasteiger partial charge in [-0.05, 0) is 79.3 Å². The predicted molar refractivity (Wildman–Crippen MR) is 202 cm³/mol. The third kappa shape index (κ3) is 11.6. The number of thiophene rings is 1. The number of rotatable bonds is 18. The summed E-state index contributed by atoms with van der Waals surface area (Å²) in [6.07, 6.45) is 0.404. The minimum Gasteiger partial charge on any atom is -0.355 e. The molecule has 0 fully saturated rings. The normalized spacial score (nSPS) is 13.9. The maximum Gasteiger partial charge on any atom is 0.303 e. The van der Waals surface area contributed by atoms with Gasteiger partial charge in [-0.2, -0.15) is 24.1 Å². The predicted octanol–water partition coefficient (Wildman–Crippen LogP) is 3.08. The van der Waals surface area contributed by atoms with E-state index in [2.05, 4.69) is 26.6 Å². The SMILES string of the molecule is CCNC(=O)[C@@H](NC(=O)[C@H](C)NC[C@H](Cc1ccccc1)NC(=O)c1cc(C(=O)NC(C)c2ccsc2)cc(N(C)S(=O)(=O)N(C)C)c1)C(C)C. The van der Waals surface area contributed by atoms with Crippen molar-refractivity contribution < 1.29 is 27.6 Å². The van der Waals surface area contributed by atoms with Gasteiger partial charge in [0.15, 0.2) is 0 Å². The molecule has 3 rings (SSSR count). The van der Waals surface area contributed by atoms with Crippen molar-refractivity contribution in [2.24, 2.45) is 5.92 Å². The number of amides is 4. The number of carbonyl (C=O) groups is 4. The second-order valence-electron chi connectivity index (χ2n) is 12.9. The van der Waals surface area contributed by atoms with Gasteiger partial charge in [0.2, 0.25) is 11.8 Å². The summed E-state index contributed by atoms with van der Waals surface area (Å²) in [6.45, 7) is 9.66. The molecule has 0 spiro atoms. The highest BCUT2D eigenvalue weighted by Gasteiger charge is 2.28. The van der Waals surface area contributed by atoms with Crippen LogP contribution in [-0.2, 0) is 26.2 Å². The number of carbonyl (C=O) groups excluding carboxylic acids is 4. The first kappa shape index (κ1) is 41.1. The zero-order valence-corrected chi connectivity index (χ0v) is 32.2. The van der Waals surface area contributed by atoms with Crippen LogP contribution in [0.1, 0.15) is 72.5 Å². The van der Waals surface area contributed by atoms with Crippen molar-refractivity contribution in [3.63, 3.8) is 0 Å². The van der Waals surface area contributed by atoms with E-state index >= 15 is 0 Å². The van der Waals surface area contributed by atoms with Crippen LogP contribution in [0.4, 0.5) is 5.69 Å². The van der Waals surface area contributed by atoms with Crippen LogP contribution in [0.5, 0.6) is 0 Å². The second kappa shape index (κ2) is 18.8. The third-order valence-corrected chi connectivity index (χ3v) is 10.9. The lowest BCUT2D eigenvalue weighted by Gasteiger charge is -2.26. The van der Waals surface area contributed by atoms with Gasteiger partial charge in [-0.25, -0.2) is 0 Å². The molecule has 5 N–H and O–H groups in total. The highest BCUT2D eigenvalue weighted by molar-refractivity contribution is 7.90. The van der Waals surface area contributed by atoms with Crippen LogP contribution in [0, 0.1) is 5.92 Å². The lowest BCUT2D eigenvalue weighted by atomic mass is 10.0. The molecule has 4 atom stereocenters. The van der Waals surface area contributed by atoms with E-state index in [4.69, 9.17) is 0 Å². The summed E-state index contributed by atoms with van der Waals surface area (Å²) in [5.41, 5.74) is 2.16. The largest absolute Gasteiger partial charge is 0.355 e. The number of nitrogens with one attached hydrogen (secondary N) is 5. The first-order chi connectivity index (χ1) is 24.0. The molecule has 0 bridgehead atoms. The third-order valence-electron chi connectivity index (χ3n) is 8.33. The van der Waals surface area contributed by atoms with E-state index in [-0.39, 0.29) is 47.1 Å². The van der Waals surface area contributed by atoms with E-state index in [0.29, 0.717) is 13.0 Å². The summed E-state index contributed by atoms with van der Waals surface area (Å²) < 4.78 is 28.2. The van der Waals surface area contributed by atoms with Crippen LogP contribution < -0.4 is 30.9 Å². The van der Waals surface area contributed by atoms with E-state index in [1.165, 1.54) is 50.7 Å². The maximum absolute atomic E-state index is 14.0. The molecule has 15 heteroatoms. The molecule has 51 heavy (non-hydrogen) atoms. The van der Waals surface area contributed by atoms with Crippen molar-refractivity contribution in [2.45, 2.75) is 65.2 Å². The molecule has 0 saturated carbocycles. The lowest BCUT2D eigenvalue weighted by molar-refractivity contribution is -0.130. The Morgan fingerprint density at radius 2 is 1.45 bits per heavy atom. The average Bonchev–Trinajstić information content (AvgIpc) is 3.64. The molecule has 13 nitrogen and oxygen atoms in total. The van der Waals surface area contributed by atoms with Gasteiger partial charge in [0.25, 0.3) is 11.8 Å². The average molecular weight is 742 g/mol. The Bertz CT molecular complexity index is 1730. The fourth-order valence-electron chi connectivity index (χ4n) is 5.17. The van der Waals surface area contributed by atoms with E-state index in [1.54, 1.807) is 6.92 Å². The Hall–Kier alpha value is -4.31. The molecule has 278 valence electrons. The number of hydrogen-bond donors (Lipinski definition) is 5. The van der Waals surface area contributed by atoms with Crippen LogP contribution in [0.15, 0.2) is 65.4 Å². The molecule has 0 aliphatic heterocycles. The molecule has 1 unspecified atom stereocenters. The van der Waals surface area contributed by atoms with E-state index in [0.717, 1.165) is 19.7 Å². The summed E-state index contributed by atoms with van der Waals surface area (Å²) in [6, 6.07) is 13.4. The molecule has 0 aliphatic rings. The molecule has 2 aromatic carbocycles. The van der Waals surface area contributed by atoms with Crippen LogP contribution >= 0.6 is 11.3 Å². The standard InChI is InChI=1S/C36H51N7O6S2/c1-9-37-36(47)32(23(2)3)41-33(44)25(5)38-21-30(17-26-13-11-10-12-14-26)40-35(46)29-18-28(34(45)39-24(4)27-15-16-50-22-27)19-31(20-29)43(8)51(48,49)42(6)7/h10-16,18-20,22-25,30,32,38H,9,17,21H2,1-8H3,(H,37,47)(H,39,45)(H,40,46)(H,41,44)/t24?,25-,30-,32-/m0/s1. The van der Waals surface area contributed by atoms with Gasteiger partial charge in [0.05, 0.1) is 17.8 Å². The van der Waals surface area contributed by atoms with Gasteiger partial charge in [-0.15, -0.1) is 0 Å². The lowest BCUT2D eigenvalue weighted by Crippen LogP contribution is -2.55. The topological polar surface area (TPSA) is 169 Å². The van der Waals surface area contributed by atoms with Gasteiger partial charge < -0.3 is 26.6 Å². The number of likely N-dealkylation sites (N-methyl/N-ethyl adjacent to an activating group) is 1. The van der Waals surface area contributed by atoms with Crippen molar-refractivity contribution in [1.29, 1.82) is 0 Å². The zero-order valence-electron chi connectivity index (χ0n) is 30.5. The maximum atomic E-state index is 14.0. The van der Waals surface area contributed by atoms with E-state index in [9.17, 15) is 27.6 Å². The van der Waals surface area contributed by atoms with Crippen molar-refractivity contribution in [1.82, 2.24) is 30.9 Å². The summed E-state index contributed by atoms with van der Waals surface area (Å²) >= 11 is 1.50. The van der Waals surface area contributed by atoms with Crippen LogP contribution in [0.25, 0.3) is 0 Å². The van der Waals surface area contributed by atoms with Gasteiger partial charge in [0.1, 0.15) is 6.04 Å². The Balaban J connectivity index is 1.90. The van der Waals surface area contributed by atoms with Crippen molar-refractivity contribution in [2.75, 3.05) is 38.5 Å². The quantitative estimate of drug-likeness (QED) is 0.134. The highest BCUT2D eigenvalue weighted by atomic mass is 32.2. The highest BCUT2D eigenvalue weighted by Crippen LogP contribution is 2.24. The second-order valence-corrected chi connectivity index (χ2v) is 15.8.